The van der Waals surface area contributed by atoms with Gasteiger partial charge in [0.05, 0.1) is 12.7 Å². The van der Waals surface area contributed by atoms with E-state index in [0.29, 0.717) is 5.57 Å². The highest BCUT2D eigenvalue weighted by atomic mass is 19.1. The molecule has 0 saturated carbocycles. The van der Waals surface area contributed by atoms with E-state index in [1.807, 2.05) is 91.0 Å². The van der Waals surface area contributed by atoms with Crippen molar-refractivity contribution in [3.63, 3.8) is 0 Å². The number of aliphatic hydroxyl groups is 2. The second-order valence-electron chi connectivity index (χ2n) is 8.77. The third kappa shape index (κ3) is 4.92. The molecule has 33 heavy (non-hydrogen) atoms. The van der Waals surface area contributed by atoms with Crippen LogP contribution < -0.4 is 0 Å². The van der Waals surface area contributed by atoms with Crippen molar-refractivity contribution in [2.24, 2.45) is 0 Å². The van der Waals surface area contributed by atoms with Gasteiger partial charge in [0, 0.05) is 6.42 Å². The molecule has 0 saturated heterocycles. The van der Waals surface area contributed by atoms with Crippen molar-refractivity contribution in [2.75, 3.05) is 6.61 Å². The first-order valence-corrected chi connectivity index (χ1v) is 11.1. The average Bonchev–Trinajstić information content (AvgIpc) is 3.08. The van der Waals surface area contributed by atoms with Crippen molar-refractivity contribution in [1.82, 2.24) is 0 Å². The van der Waals surface area contributed by atoms with Gasteiger partial charge in [-0.2, -0.15) is 0 Å². The average molecular weight is 449 g/mol. The Morgan fingerprint density at radius 1 is 0.818 bits per heavy atom. The number of hydrogen-bond acceptors (Lipinski definition) is 4. The molecular weight excluding hydrogens is 419 g/mol. The van der Waals surface area contributed by atoms with E-state index in [0.717, 1.165) is 16.7 Å². The molecule has 2 N–H and O–H groups in total. The van der Waals surface area contributed by atoms with E-state index in [4.69, 9.17) is 9.47 Å². The largest absolute Gasteiger partial charge is 0.383 e. The quantitative estimate of drug-likeness (QED) is 0.372. The van der Waals surface area contributed by atoms with Crippen LogP contribution in [0.25, 0.3) is 0 Å². The van der Waals surface area contributed by atoms with Crippen LogP contribution in [0, 0.1) is 0 Å². The Hall–Kier alpha value is -2.83. The molecule has 1 aliphatic rings. The van der Waals surface area contributed by atoms with Gasteiger partial charge in [-0.1, -0.05) is 91.0 Å². The molecule has 1 unspecified atom stereocenters. The minimum absolute atomic E-state index is 0.0483. The smallest absolute Gasteiger partial charge is 0.160 e. The van der Waals surface area contributed by atoms with E-state index in [2.05, 4.69) is 0 Å². The van der Waals surface area contributed by atoms with Crippen LogP contribution in [0.15, 0.2) is 102 Å². The molecule has 0 bridgehead atoms. The van der Waals surface area contributed by atoms with Gasteiger partial charge in [0.15, 0.2) is 5.79 Å². The summed E-state index contributed by atoms with van der Waals surface area (Å²) in [4.78, 5) is 0. The second kappa shape index (κ2) is 9.57. The van der Waals surface area contributed by atoms with Crippen LogP contribution in [0.2, 0.25) is 0 Å². The maximum Gasteiger partial charge on any atom is 0.160 e. The van der Waals surface area contributed by atoms with Gasteiger partial charge in [-0.05, 0) is 36.1 Å². The van der Waals surface area contributed by atoms with Gasteiger partial charge in [0.2, 0.25) is 0 Å². The standard InChI is InChI=1S/C28H29FO4/c1-27(2,31)33-24-18-20(25(29)26(24)30)19-32-28(21-12-6-3-7-13-21,22-14-8-4-9-15-22)23-16-10-5-11-17-23/h3-17,24,26,30-31H,18-19H2,1-2H3/t24?,26-/m1/s1. The lowest BCUT2D eigenvalue weighted by molar-refractivity contribution is -0.218. The first kappa shape index (κ1) is 23.3. The molecule has 0 aliphatic heterocycles. The monoisotopic (exact) mass is 448 g/mol. The molecule has 2 atom stereocenters. The Morgan fingerprint density at radius 2 is 1.24 bits per heavy atom. The first-order valence-electron chi connectivity index (χ1n) is 11.1. The molecule has 4 rings (SSSR count). The molecule has 0 fully saturated rings. The predicted octanol–water partition coefficient (Wildman–Crippen LogP) is 5.10. The fourth-order valence-corrected chi connectivity index (χ4v) is 4.39. The number of aliphatic hydroxyl groups excluding tert-OH is 1. The van der Waals surface area contributed by atoms with Gasteiger partial charge in [0.1, 0.15) is 17.5 Å². The second-order valence-corrected chi connectivity index (χ2v) is 8.77. The fourth-order valence-electron chi connectivity index (χ4n) is 4.39. The SMILES string of the molecule is CC(C)(O)OC1CC(COC(c2ccccc2)(c2ccccc2)c2ccccc2)=C(F)[C@@H]1O. The summed E-state index contributed by atoms with van der Waals surface area (Å²) in [6, 6.07) is 29.5. The van der Waals surface area contributed by atoms with Crippen molar-refractivity contribution in [2.45, 2.75) is 43.9 Å². The Kier molecular flexibility index (Phi) is 6.77. The van der Waals surface area contributed by atoms with Crippen LogP contribution in [0.1, 0.15) is 37.0 Å². The molecule has 0 spiro atoms. The number of benzene rings is 3. The first-order chi connectivity index (χ1) is 15.8. The lowest BCUT2D eigenvalue weighted by Gasteiger charge is -2.36. The Labute approximate surface area is 193 Å². The summed E-state index contributed by atoms with van der Waals surface area (Å²) in [5.41, 5.74) is 2.06. The Morgan fingerprint density at radius 3 is 1.64 bits per heavy atom. The van der Waals surface area contributed by atoms with E-state index < -0.39 is 29.4 Å². The third-order valence-electron chi connectivity index (χ3n) is 5.84. The van der Waals surface area contributed by atoms with E-state index in [9.17, 15) is 14.6 Å². The molecule has 0 radical (unpaired) electrons. The van der Waals surface area contributed by atoms with Crippen molar-refractivity contribution in [3.05, 3.63) is 119 Å². The van der Waals surface area contributed by atoms with Gasteiger partial charge >= 0.3 is 0 Å². The summed E-state index contributed by atoms with van der Waals surface area (Å²) in [5, 5.41) is 20.3. The van der Waals surface area contributed by atoms with Crippen LogP contribution in [-0.2, 0) is 15.1 Å². The summed E-state index contributed by atoms with van der Waals surface area (Å²) < 4.78 is 27.1. The maximum absolute atomic E-state index is 15.0. The van der Waals surface area contributed by atoms with Gasteiger partial charge in [-0.25, -0.2) is 4.39 Å². The maximum atomic E-state index is 15.0. The zero-order valence-electron chi connectivity index (χ0n) is 18.8. The van der Waals surface area contributed by atoms with E-state index in [1.165, 1.54) is 13.8 Å². The zero-order valence-corrected chi connectivity index (χ0v) is 18.8. The highest BCUT2D eigenvalue weighted by Gasteiger charge is 2.41. The van der Waals surface area contributed by atoms with Crippen molar-refractivity contribution >= 4 is 0 Å². The number of hydrogen-bond donors (Lipinski definition) is 2. The van der Waals surface area contributed by atoms with Crippen LogP contribution in [-0.4, -0.2) is 34.8 Å². The molecule has 4 nitrogen and oxygen atoms in total. The molecule has 3 aromatic carbocycles. The number of halogens is 1. The van der Waals surface area contributed by atoms with Crippen molar-refractivity contribution < 1.29 is 24.1 Å². The van der Waals surface area contributed by atoms with Gasteiger partial charge < -0.3 is 19.7 Å². The lowest BCUT2D eigenvalue weighted by atomic mass is 9.80. The van der Waals surface area contributed by atoms with Crippen molar-refractivity contribution in [1.29, 1.82) is 0 Å². The normalized spacial score (nSPS) is 19.2. The minimum atomic E-state index is -1.48. The summed E-state index contributed by atoms with van der Waals surface area (Å²) in [7, 11) is 0. The Balaban J connectivity index is 1.74. The molecule has 0 aromatic heterocycles. The van der Waals surface area contributed by atoms with Crippen LogP contribution >= 0.6 is 0 Å². The number of rotatable bonds is 8. The Bertz CT molecular complexity index is 978. The highest BCUT2D eigenvalue weighted by molar-refractivity contribution is 5.47. The topological polar surface area (TPSA) is 58.9 Å². The summed E-state index contributed by atoms with van der Waals surface area (Å²) in [6.45, 7) is 2.86. The summed E-state index contributed by atoms with van der Waals surface area (Å²) in [6.07, 6.45) is -2.18. The van der Waals surface area contributed by atoms with Gasteiger partial charge in [0.25, 0.3) is 0 Å². The predicted molar refractivity (Wildman–Crippen MR) is 125 cm³/mol. The highest BCUT2D eigenvalue weighted by Crippen LogP contribution is 2.42. The van der Waals surface area contributed by atoms with E-state index in [1.54, 1.807) is 0 Å². The summed E-state index contributed by atoms with van der Waals surface area (Å²) in [5.74, 6) is -2.14. The van der Waals surface area contributed by atoms with Crippen molar-refractivity contribution in [3.8, 4) is 0 Å². The fraction of sp³-hybridized carbons (Fsp3) is 0.286. The molecular formula is C28H29FO4. The van der Waals surface area contributed by atoms with Crippen LogP contribution in [0.5, 0.6) is 0 Å². The van der Waals surface area contributed by atoms with E-state index in [-0.39, 0.29) is 13.0 Å². The number of ether oxygens (including phenoxy) is 2. The molecule has 3 aromatic rings. The lowest BCUT2D eigenvalue weighted by Crippen LogP contribution is -2.35. The van der Waals surface area contributed by atoms with Crippen LogP contribution in [0.3, 0.4) is 0 Å². The van der Waals surface area contributed by atoms with Gasteiger partial charge in [-0.15, -0.1) is 0 Å². The zero-order chi connectivity index (χ0) is 23.5. The van der Waals surface area contributed by atoms with Gasteiger partial charge in [-0.3, -0.25) is 0 Å². The van der Waals surface area contributed by atoms with Crippen LogP contribution in [0.4, 0.5) is 4.39 Å². The molecule has 1 aliphatic carbocycles. The third-order valence-corrected chi connectivity index (χ3v) is 5.84. The molecule has 0 amide bonds. The minimum Gasteiger partial charge on any atom is -0.383 e. The molecule has 0 heterocycles. The summed E-state index contributed by atoms with van der Waals surface area (Å²) >= 11 is 0. The molecule has 5 heteroatoms. The molecule has 172 valence electrons. The van der Waals surface area contributed by atoms with E-state index >= 15 is 0 Å².